The minimum Gasteiger partial charge on any atom is -0.448 e. The molecule has 9 heteroatoms. The van der Waals surface area contributed by atoms with E-state index in [4.69, 9.17) is 4.42 Å². The third kappa shape index (κ3) is 6.35. The standard InChI is InChI=1S/C28H35N5O4/c1-18-5-11-21(12-6-18)30-27(35)25-24(22-17-29-14-13-23(22)37-25)31-26(34)19-7-9-20(10-8-19)28(36)33(4)16-15-32(2)3/h5-6,11-14,17,19-20H,7-10,15-16H2,1-4H3,(H,30,35)(H,31,34)/t19-,20-. The molecule has 196 valence electrons. The first kappa shape index (κ1) is 26.3. The van der Waals surface area contributed by atoms with Crippen LogP contribution in [-0.2, 0) is 9.59 Å². The van der Waals surface area contributed by atoms with Crippen molar-refractivity contribution in [2.24, 2.45) is 11.8 Å². The van der Waals surface area contributed by atoms with Gasteiger partial charge in [0.1, 0.15) is 11.3 Å². The van der Waals surface area contributed by atoms with Gasteiger partial charge < -0.3 is 24.9 Å². The molecule has 1 fully saturated rings. The van der Waals surface area contributed by atoms with Crippen molar-refractivity contribution in [3.63, 3.8) is 0 Å². The minimum absolute atomic E-state index is 0.0308. The molecule has 3 aromatic rings. The molecule has 2 N–H and O–H groups in total. The summed E-state index contributed by atoms with van der Waals surface area (Å²) >= 11 is 0. The molecule has 2 aromatic heterocycles. The molecule has 0 saturated heterocycles. The predicted octanol–water partition coefficient (Wildman–Crippen LogP) is 4.15. The molecule has 1 aliphatic carbocycles. The van der Waals surface area contributed by atoms with E-state index in [2.05, 4.69) is 20.5 Å². The molecule has 37 heavy (non-hydrogen) atoms. The van der Waals surface area contributed by atoms with Gasteiger partial charge >= 0.3 is 0 Å². The Hall–Kier alpha value is -3.72. The Morgan fingerprint density at radius 3 is 2.30 bits per heavy atom. The zero-order chi connectivity index (χ0) is 26.5. The first-order valence-corrected chi connectivity index (χ1v) is 12.7. The van der Waals surface area contributed by atoms with Crippen LogP contribution >= 0.6 is 0 Å². The number of carbonyl (C=O) groups is 3. The largest absolute Gasteiger partial charge is 0.448 e. The fraction of sp³-hybridized carbons (Fsp3) is 0.429. The van der Waals surface area contributed by atoms with E-state index in [1.54, 1.807) is 23.4 Å². The Morgan fingerprint density at radius 2 is 1.62 bits per heavy atom. The second kappa shape index (κ2) is 11.6. The highest BCUT2D eigenvalue weighted by Gasteiger charge is 2.32. The smallest absolute Gasteiger partial charge is 0.293 e. The van der Waals surface area contributed by atoms with Gasteiger partial charge in [0.2, 0.25) is 17.6 Å². The van der Waals surface area contributed by atoms with E-state index in [-0.39, 0.29) is 29.4 Å². The van der Waals surface area contributed by atoms with Gasteiger partial charge in [0.15, 0.2) is 0 Å². The quantitative estimate of drug-likeness (QED) is 0.476. The maximum Gasteiger partial charge on any atom is 0.293 e. The highest BCUT2D eigenvalue weighted by molar-refractivity contribution is 6.14. The molecule has 9 nitrogen and oxygen atoms in total. The molecule has 0 bridgehead atoms. The molecular weight excluding hydrogens is 470 g/mol. The maximum atomic E-state index is 13.3. The Labute approximate surface area is 217 Å². The highest BCUT2D eigenvalue weighted by atomic mass is 16.3. The van der Waals surface area contributed by atoms with Crippen molar-refractivity contribution in [3.8, 4) is 0 Å². The Kier molecular flexibility index (Phi) is 8.23. The molecule has 0 spiro atoms. The van der Waals surface area contributed by atoms with Gasteiger partial charge in [-0.1, -0.05) is 17.7 Å². The average molecular weight is 506 g/mol. The van der Waals surface area contributed by atoms with E-state index in [9.17, 15) is 14.4 Å². The first-order valence-electron chi connectivity index (χ1n) is 12.7. The first-order chi connectivity index (χ1) is 17.7. The van der Waals surface area contributed by atoms with Gasteiger partial charge in [0.05, 0.1) is 5.39 Å². The summed E-state index contributed by atoms with van der Waals surface area (Å²) in [5.41, 5.74) is 2.50. The molecule has 1 saturated carbocycles. The number of aromatic nitrogens is 1. The van der Waals surface area contributed by atoms with Crippen LogP contribution in [0.1, 0.15) is 41.8 Å². The van der Waals surface area contributed by atoms with E-state index in [0.717, 1.165) is 12.1 Å². The molecule has 0 radical (unpaired) electrons. The summed E-state index contributed by atoms with van der Waals surface area (Å²) in [6.45, 7) is 3.47. The number of amides is 3. The fourth-order valence-electron chi connectivity index (χ4n) is 4.65. The number of rotatable bonds is 8. The predicted molar refractivity (Wildman–Crippen MR) is 143 cm³/mol. The monoisotopic (exact) mass is 505 g/mol. The van der Waals surface area contributed by atoms with E-state index < -0.39 is 5.91 Å². The summed E-state index contributed by atoms with van der Waals surface area (Å²) in [6.07, 6.45) is 5.71. The Bertz CT molecular complexity index is 1260. The molecule has 4 rings (SSSR count). The van der Waals surface area contributed by atoms with Crippen LogP contribution in [0.5, 0.6) is 0 Å². The van der Waals surface area contributed by atoms with Crippen molar-refractivity contribution in [1.29, 1.82) is 0 Å². The normalized spacial score (nSPS) is 17.5. The van der Waals surface area contributed by atoms with E-state index in [0.29, 0.717) is 54.6 Å². The number of aryl methyl sites for hydroxylation is 1. The SMILES string of the molecule is Cc1ccc(NC(=O)c2oc3ccncc3c2NC(=O)[C@H]2CC[C@H](C(=O)N(C)CCN(C)C)CC2)cc1. The summed E-state index contributed by atoms with van der Waals surface area (Å²) in [5, 5.41) is 6.35. The van der Waals surface area contributed by atoms with Gasteiger partial charge in [0.25, 0.3) is 5.91 Å². The number of pyridine rings is 1. The van der Waals surface area contributed by atoms with Crippen molar-refractivity contribution in [1.82, 2.24) is 14.8 Å². The van der Waals surface area contributed by atoms with Gasteiger partial charge in [-0.05, 0) is 64.9 Å². The van der Waals surface area contributed by atoms with Crippen LogP contribution in [-0.4, -0.2) is 66.7 Å². The van der Waals surface area contributed by atoms with Gasteiger partial charge in [0, 0.05) is 50.1 Å². The van der Waals surface area contributed by atoms with Gasteiger partial charge in [-0.3, -0.25) is 19.4 Å². The molecule has 0 unspecified atom stereocenters. The van der Waals surface area contributed by atoms with Crippen LogP contribution in [0.25, 0.3) is 11.0 Å². The van der Waals surface area contributed by atoms with Crippen molar-refractivity contribution in [2.45, 2.75) is 32.6 Å². The van der Waals surface area contributed by atoms with E-state index in [1.165, 1.54) is 0 Å². The van der Waals surface area contributed by atoms with Crippen molar-refractivity contribution >= 4 is 40.1 Å². The second-order valence-electron chi connectivity index (χ2n) is 10.1. The molecule has 0 atom stereocenters. The van der Waals surface area contributed by atoms with Gasteiger partial charge in [-0.25, -0.2) is 0 Å². The van der Waals surface area contributed by atoms with Crippen molar-refractivity contribution in [3.05, 3.63) is 54.0 Å². The summed E-state index contributed by atoms with van der Waals surface area (Å²) in [7, 11) is 5.81. The topological polar surface area (TPSA) is 108 Å². The molecular formula is C28H35N5O4. The number of anilines is 2. The van der Waals surface area contributed by atoms with Gasteiger partial charge in [-0.15, -0.1) is 0 Å². The second-order valence-corrected chi connectivity index (χ2v) is 10.1. The number of hydrogen-bond acceptors (Lipinski definition) is 6. The number of hydrogen-bond donors (Lipinski definition) is 2. The lowest BCUT2D eigenvalue weighted by molar-refractivity contribution is -0.136. The minimum atomic E-state index is -0.453. The maximum absolute atomic E-state index is 13.3. The third-order valence-corrected chi connectivity index (χ3v) is 6.96. The van der Waals surface area contributed by atoms with Crippen LogP contribution in [0.2, 0.25) is 0 Å². The van der Waals surface area contributed by atoms with Crippen LogP contribution in [0.3, 0.4) is 0 Å². The lowest BCUT2D eigenvalue weighted by atomic mass is 9.81. The molecule has 3 amide bonds. The van der Waals surface area contributed by atoms with Crippen molar-refractivity contribution in [2.75, 3.05) is 44.9 Å². The van der Waals surface area contributed by atoms with Crippen LogP contribution in [0.4, 0.5) is 11.4 Å². The molecule has 1 aliphatic rings. The zero-order valence-corrected chi connectivity index (χ0v) is 21.9. The molecule has 0 aliphatic heterocycles. The lowest BCUT2D eigenvalue weighted by Gasteiger charge is -2.30. The number of nitrogens with zero attached hydrogens (tertiary/aromatic N) is 3. The van der Waals surface area contributed by atoms with Crippen LogP contribution in [0, 0.1) is 18.8 Å². The summed E-state index contributed by atoms with van der Waals surface area (Å²) in [6, 6.07) is 9.10. The summed E-state index contributed by atoms with van der Waals surface area (Å²) < 4.78 is 5.84. The number of furan rings is 1. The molecule has 2 heterocycles. The van der Waals surface area contributed by atoms with Gasteiger partial charge in [-0.2, -0.15) is 0 Å². The summed E-state index contributed by atoms with van der Waals surface area (Å²) in [4.78, 5) is 47.2. The van der Waals surface area contributed by atoms with Crippen LogP contribution in [0.15, 0.2) is 47.1 Å². The molecule has 1 aromatic carbocycles. The van der Waals surface area contributed by atoms with Crippen molar-refractivity contribution < 1.29 is 18.8 Å². The summed E-state index contributed by atoms with van der Waals surface area (Å²) in [5.74, 6) is -0.768. The lowest BCUT2D eigenvalue weighted by Crippen LogP contribution is -2.39. The van der Waals surface area contributed by atoms with Crippen LogP contribution < -0.4 is 10.6 Å². The highest BCUT2D eigenvalue weighted by Crippen LogP contribution is 2.34. The van der Waals surface area contributed by atoms with E-state index >= 15 is 0 Å². The number of carbonyl (C=O) groups excluding carboxylic acids is 3. The number of benzene rings is 1. The fourth-order valence-corrected chi connectivity index (χ4v) is 4.65. The Morgan fingerprint density at radius 1 is 0.946 bits per heavy atom. The number of likely N-dealkylation sites (N-methyl/N-ethyl adjacent to an activating group) is 2. The number of nitrogens with one attached hydrogen (secondary N) is 2. The average Bonchev–Trinajstić information content (AvgIpc) is 3.26. The Balaban J connectivity index is 1.43. The van der Waals surface area contributed by atoms with E-state index in [1.807, 2.05) is 52.3 Å². The third-order valence-electron chi connectivity index (χ3n) is 6.96. The zero-order valence-electron chi connectivity index (χ0n) is 21.9. The number of fused-ring (bicyclic) bond motifs is 1.